The van der Waals surface area contributed by atoms with Gasteiger partial charge in [-0.15, -0.1) is 0 Å². The molecule has 0 radical (unpaired) electrons. The lowest BCUT2D eigenvalue weighted by atomic mass is 10.2. The topological polar surface area (TPSA) is 84.1 Å². The summed E-state index contributed by atoms with van der Waals surface area (Å²) in [5.74, 6) is -0.844. The van der Waals surface area contributed by atoms with E-state index in [9.17, 15) is 9.59 Å². The number of nitrogens with zero attached hydrogens (tertiary/aromatic N) is 1. The van der Waals surface area contributed by atoms with Crippen LogP contribution in [-0.4, -0.2) is 28.7 Å². The van der Waals surface area contributed by atoms with Crippen LogP contribution in [0.1, 0.15) is 16.1 Å². The zero-order valence-corrected chi connectivity index (χ0v) is 12.5. The molecule has 8 heteroatoms. The maximum absolute atomic E-state index is 11.8. The minimum Gasteiger partial charge on any atom is -0.452 e. The van der Waals surface area contributed by atoms with Gasteiger partial charge in [-0.2, -0.15) is 5.10 Å². The summed E-state index contributed by atoms with van der Waals surface area (Å²) in [7, 11) is 0. The van der Waals surface area contributed by atoms with E-state index in [2.05, 4.69) is 15.5 Å². The fourth-order valence-electron chi connectivity index (χ4n) is 1.52. The highest BCUT2D eigenvalue weighted by Crippen LogP contribution is 2.21. The highest BCUT2D eigenvalue weighted by atomic mass is 35.5. The standard InChI is InChI=1S/C13H11Cl2N3O3/c1-7-4-11(18-17-7)16-12(19)6-21-13(20)9-3-2-8(14)5-10(9)15/h2-5H,6H2,1H3,(H2,16,17,18,19). The van der Waals surface area contributed by atoms with Gasteiger partial charge in [0.1, 0.15) is 0 Å². The number of H-pyrrole nitrogens is 1. The quantitative estimate of drug-likeness (QED) is 0.845. The van der Waals surface area contributed by atoms with Crippen molar-refractivity contribution in [3.63, 3.8) is 0 Å². The number of carbonyl (C=O) groups is 2. The van der Waals surface area contributed by atoms with Gasteiger partial charge in [-0.25, -0.2) is 4.79 Å². The monoisotopic (exact) mass is 327 g/mol. The number of aromatic amines is 1. The van der Waals surface area contributed by atoms with E-state index in [1.165, 1.54) is 18.2 Å². The van der Waals surface area contributed by atoms with Gasteiger partial charge >= 0.3 is 5.97 Å². The molecule has 1 amide bonds. The Kier molecular flexibility index (Phi) is 4.82. The second kappa shape index (κ2) is 6.60. The average Bonchev–Trinajstić information content (AvgIpc) is 2.81. The molecular formula is C13H11Cl2N3O3. The molecule has 2 aromatic rings. The lowest BCUT2D eigenvalue weighted by Gasteiger charge is -2.06. The van der Waals surface area contributed by atoms with Crippen molar-refractivity contribution >= 4 is 40.9 Å². The number of hydrogen-bond donors (Lipinski definition) is 2. The predicted molar refractivity (Wildman–Crippen MR) is 78.7 cm³/mol. The summed E-state index contributed by atoms with van der Waals surface area (Å²) in [5.41, 5.74) is 0.944. The summed E-state index contributed by atoms with van der Waals surface area (Å²) < 4.78 is 4.87. The first-order valence-electron chi connectivity index (χ1n) is 5.90. The van der Waals surface area contributed by atoms with Gasteiger partial charge in [-0.3, -0.25) is 9.89 Å². The van der Waals surface area contributed by atoms with Crippen molar-refractivity contribution in [2.24, 2.45) is 0 Å². The van der Waals surface area contributed by atoms with Gasteiger partial charge in [0.05, 0.1) is 10.6 Å². The number of aryl methyl sites for hydroxylation is 1. The molecule has 0 fully saturated rings. The second-order valence-electron chi connectivity index (χ2n) is 4.18. The molecule has 0 aliphatic rings. The van der Waals surface area contributed by atoms with Crippen LogP contribution in [0, 0.1) is 6.92 Å². The van der Waals surface area contributed by atoms with Gasteiger partial charge in [0, 0.05) is 16.8 Å². The Hall–Kier alpha value is -2.05. The van der Waals surface area contributed by atoms with Crippen LogP contribution in [0.3, 0.4) is 0 Å². The molecule has 0 saturated carbocycles. The number of hydrogen-bond acceptors (Lipinski definition) is 4. The molecule has 1 aromatic carbocycles. The summed E-state index contributed by atoms with van der Waals surface area (Å²) in [4.78, 5) is 23.4. The van der Waals surface area contributed by atoms with E-state index in [0.717, 1.165) is 5.69 Å². The van der Waals surface area contributed by atoms with Crippen LogP contribution in [0.4, 0.5) is 5.82 Å². The van der Waals surface area contributed by atoms with Crippen LogP contribution >= 0.6 is 23.2 Å². The van der Waals surface area contributed by atoms with Crippen molar-refractivity contribution in [2.45, 2.75) is 6.92 Å². The maximum Gasteiger partial charge on any atom is 0.340 e. The van der Waals surface area contributed by atoms with Gasteiger partial charge < -0.3 is 10.1 Å². The molecule has 0 aliphatic heterocycles. The largest absolute Gasteiger partial charge is 0.452 e. The summed E-state index contributed by atoms with van der Waals surface area (Å²) in [6.45, 7) is 1.36. The van der Waals surface area contributed by atoms with Crippen LogP contribution in [0.15, 0.2) is 24.3 Å². The first-order valence-corrected chi connectivity index (χ1v) is 6.65. The first-order chi connectivity index (χ1) is 9.95. The van der Waals surface area contributed by atoms with Crippen molar-refractivity contribution in [3.05, 3.63) is 45.6 Å². The van der Waals surface area contributed by atoms with Gasteiger partial charge in [0.15, 0.2) is 12.4 Å². The highest BCUT2D eigenvalue weighted by Gasteiger charge is 2.14. The van der Waals surface area contributed by atoms with Crippen molar-refractivity contribution in [1.82, 2.24) is 10.2 Å². The molecule has 0 saturated heterocycles. The average molecular weight is 328 g/mol. The molecule has 21 heavy (non-hydrogen) atoms. The number of halogens is 2. The molecule has 2 N–H and O–H groups in total. The van der Waals surface area contributed by atoms with Gasteiger partial charge in [-0.05, 0) is 25.1 Å². The smallest absolute Gasteiger partial charge is 0.340 e. The number of aromatic nitrogens is 2. The lowest BCUT2D eigenvalue weighted by Crippen LogP contribution is -2.21. The van der Waals surface area contributed by atoms with Crippen LogP contribution in [0.5, 0.6) is 0 Å². The van der Waals surface area contributed by atoms with Gasteiger partial charge in [0.2, 0.25) is 0 Å². The predicted octanol–water partition coefficient (Wildman–Crippen LogP) is 2.82. The van der Waals surface area contributed by atoms with Gasteiger partial charge in [-0.1, -0.05) is 23.2 Å². The Bertz CT molecular complexity index is 685. The Morgan fingerprint density at radius 3 is 2.71 bits per heavy atom. The highest BCUT2D eigenvalue weighted by molar-refractivity contribution is 6.36. The van der Waals surface area contributed by atoms with E-state index in [1.54, 1.807) is 13.0 Å². The van der Waals surface area contributed by atoms with Crippen molar-refractivity contribution in [2.75, 3.05) is 11.9 Å². The summed E-state index contributed by atoms with van der Waals surface area (Å²) in [5, 5.41) is 9.56. The number of rotatable bonds is 4. The number of benzene rings is 1. The third kappa shape index (κ3) is 4.21. The number of carbonyl (C=O) groups excluding carboxylic acids is 2. The number of esters is 1. The van der Waals surface area contributed by atoms with Crippen LogP contribution in [0.2, 0.25) is 10.0 Å². The third-order valence-corrected chi connectivity index (χ3v) is 3.01. The molecule has 110 valence electrons. The molecule has 0 atom stereocenters. The lowest BCUT2D eigenvalue weighted by molar-refractivity contribution is -0.119. The van der Waals surface area contributed by atoms with E-state index in [-0.39, 0.29) is 10.6 Å². The molecule has 1 aromatic heterocycles. The van der Waals surface area contributed by atoms with Crippen LogP contribution < -0.4 is 5.32 Å². The first kappa shape index (κ1) is 15.3. The molecular weight excluding hydrogens is 317 g/mol. The third-order valence-electron chi connectivity index (χ3n) is 2.46. The fraction of sp³-hybridized carbons (Fsp3) is 0.154. The molecule has 0 unspecified atom stereocenters. The van der Waals surface area contributed by atoms with E-state index in [1.807, 2.05) is 0 Å². The Morgan fingerprint density at radius 1 is 1.33 bits per heavy atom. The minimum absolute atomic E-state index is 0.143. The SMILES string of the molecule is Cc1cc(NC(=O)COC(=O)c2ccc(Cl)cc2Cl)n[nH]1. The van der Waals surface area contributed by atoms with Crippen molar-refractivity contribution < 1.29 is 14.3 Å². The second-order valence-corrected chi connectivity index (χ2v) is 5.03. The molecule has 2 rings (SSSR count). The fourth-order valence-corrected chi connectivity index (χ4v) is 2.01. The van der Waals surface area contributed by atoms with Crippen molar-refractivity contribution in [3.8, 4) is 0 Å². The summed E-state index contributed by atoms with van der Waals surface area (Å²) >= 11 is 11.6. The molecule has 0 aliphatic carbocycles. The van der Waals surface area contributed by atoms with E-state index < -0.39 is 18.5 Å². The number of nitrogens with one attached hydrogen (secondary N) is 2. The number of amides is 1. The van der Waals surface area contributed by atoms with E-state index in [0.29, 0.717) is 10.8 Å². The zero-order valence-electron chi connectivity index (χ0n) is 10.9. The Morgan fingerprint density at radius 2 is 2.10 bits per heavy atom. The Labute approximate surface area is 130 Å². The summed E-state index contributed by atoms with van der Waals surface area (Å²) in [6, 6.07) is 6.01. The Balaban J connectivity index is 1.90. The van der Waals surface area contributed by atoms with Crippen LogP contribution in [0.25, 0.3) is 0 Å². The van der Waals surface area contributed by atoms with Crippen molar-refractivity contribution in [1.29, 1.82) is 0 Å². The van der Waals surface area contributed by atoms with Gasteiger partial charge in [0.25, 0.3) is 5.91 Å². The van der Waals surface area contributed by atoms with E-state index >= 15 is 0 Å². The number of ether oxygens (including phenoxy) is 1. The van der Waals surface area contributed by atoms with E-state index in [4.69, 9.17) is 27.9 Å². The van der Waals surface area contributed by atoms with Crippen LogP contribution in [-0.2, 0) is 9.53 Å². The minimum atomic E-state index is -0.704. The molecule has 0 bridgehead atoms. The normalized spacial score (nSPS) is 10.2. The molecule has 0 spiro atoms. The molecule has 1 heterocycles. The zero-order chi connectivity index (χ0) is 15.4. The summed E-state index contributed by atoms with van der Waals surface area (Å²) in [6.07, 6.45) is 0. The number of anilines is 1. The maximum atomic E-state index is 11.8. The molecule has 6 nitrogen and oxygen atoms in total.